The van der Waals surface area contributed by atoms with E-state index < -0.39 is 18.0 Å². The minimum Gasteiger partial charge on any atom is -0.448 e. The van der Waals surface area contributed by atoms with Crippen LogP contribution >= 0.6 is 11.6 Å². The molecule has 1 atom stereocenters. The van der Waals surface area contributed by atoms with Crippen LogP contribution in [0.5, 0.6) is 0 Å². The van der Waals surface area contributed by atoms with E-state index in [1.807, 2.05) is 30.3 Å². The number of ether oxygens (including phenoxy) is 1. The number of rotatable bonds is 6. The molecule has 148 valence electrons. The molecule has 0 aliphatic heterocycles. The van der Waals surface area contributed by atoms with Crippen molar-refractivity contribution >= 4 is 29.3 Å². The summed E-state index contributed by atoms with van der Waals surface area (Å²) in [6.07, 6.45) is 0.282. The SMILES string of the molecule is CC(OC(=O)c1ccc(=O)n(Cc2ccccc2)n1)C(=O)Nc1ccc(Cl)cn1. The van der Waals surface area contributed by atoms with Gasteiger partial charge in [-0.1, -0.05) is 41.9 Å². The zero-order chi connectivity index (χ0) is 20.8. The zero-order valence-corrected chi connectivity index (χ0v) is 16.2. The molecule has 29 heavy (non-hydrogen) atoms. The second-order valence-electron chi connectivity index (χ2n) is 6.10. The topological polar surface area (TPSA) is 103 Å². The molecule has 0 aliphatic carbocycles. The molecular formula is C20H17ClN4O4. The molecule has 9 heteroatoms. The fourth-order valence-electron chi connectivity index (χ4n) is 2.38. The van der Waals surface area contributed by atoms with Gasteiger partial charge in [-0.15, -0.1) is 0 Å². The lowest BCUT2D eigenvalue weighted by Crippen LogP contribution is -2.31. The maximum Gasteiger partial charge on any atom is 0.359 e. The first-order valence-electron chi connectivity index (χ1n) is 8.68. The molecule has 1 N–H and O–H groups in total. The Morgan fingerprint density at radius 1 is 1.14 bits per heavy atom. The summed E-state index contributed by atoms with van der Waals surface area (Å²) in [4.78, 5) is 40.5. The molecule has 8 nitrogen and oxygen atoms in total. The highest BCUT2D eigenvalue weighted by molar-refractivity contribution is 6.30. The fourth-order valence-corrected chi connectivity index (χ4v) is 2.49. The molecule has 0 bridgehead atoms. The van der Waals surface area contributed by atoms with E-state index in [0.717, 1.165) is 10.2 Å². The summed E-state index contributed by atoms with van der Waals surface area (Å²) in [5.41, 5.74) is 0.422. The molecule has 0 saturated carbocycles. The number of pyridine rings is 1. The quantitative estimate of drug-likeness (QED) is 0.624. The number of aromatic nitrogens is 3. The maximum absolute atomic E-state index is 12.4. The Labute approximate surface area is 171 Å². The highest BCUT2D eigenvalue weighted by Crippen LogP contribution is 2.10. The first-order valence-corrected chi connectivity index (χ1v) is 9.05. The number of anilines is 1. The van der Waals surface area contributed by atoms with E-state index in [1.165, 1.54) is 31.3 Å². The van der Waals surface area contributed by atoms with E-state index in [-0.39, 0.29) is 23.6 Å². The smallest absolute Gasteiger partial charge is 0.359 e. The Morgan fingerprint density at radius 2 is 1.90 bits per heavy atom. The van der Waals surface area contributed by atoms with Crippen LogP contribution < -0.4 is 10.9 Å². The van der Waals surface area contributed by atoms with Crippen LogP contribution in [0.15, 0.2) is 65.6 Å². The standard InChI is InChI=1S/C20H17ClN4O4/c1-13(19(27)23-17-9-7-15(21)11-22-17)29-20(28)16-8-10-18(26)25(24-16)12-14-5-3-2-4-6-14/h2-11,13H,12H2,1H3,(H,22,23,27). The Kier molecular flexibility index (Phi) is 6.36. The number of benzene rings is 1. The van der Waals surface area contributed by atoms with Gasteiger partial charge in [-0.2, -0.15) is 5.10 Å². The minimum atomic E-state index is -1.10. The predicted molar refractivity (Wildman–Crippen MR) is 107 cm³/mol. The van der Waals surface area contributed by atoms with E-state index in [1.54, 1.807) is 6.07 Å². The van der Waals surface area contributed by atoms with Crippen molar-refractivity contribution in [2.45, 2.75) is 19.6 Å². The Bertz CT molecular complexity index is 1070. The van der Waals surface area contributed by atoms with Gasteiger partial charge in [0.1, 0.15) is 5.82 Å². The van der Waals surface area contributed by atoms with Gasteiger partial charge in [-0.3, -0.25) is 9.59 Å². The lowest BCUT2D eigenvalue weighted by atomic mass is 10.2. The van der Waals surface area contributed by atoms with Gasteiger partial charge in [-0.05, 0) is 30.7 Å². The Balaban J connectivity index is 1.66. The average Bonchev–Trinajstić information content (AvgIpc) is 2.72. The molecule has 0 fully saturated rings. The van der Waals surface area contributed by atoms with Crippen LogP contribution in [0.25, 0.3) is 0 Å². The highest BCUT2D eigenvalue weighted by Gasteiger charge is 2.21. The summed E-state index contributed by atoms with van der Waals surface area (Å²) in [7, 11) is 0. The molecule has 3 aromatic rings. The van der Waals surface area contributed by atoms with E-state index in [4.69, 9.17) is 16.3 Å². The van der Waals surface area contributed by atoms with Crippen molar-refractivity contribution in [1.29, 1.82) is 0 Å². The summed E-state index contributed by atoms with van der Waals surface area (Å²) >= 11 is 5.75. The van der Waals surface area contributed by atoms with Crippen molar-refractivity contribution in [1.82, 2.24) is 14.8 Å². The van der Waals surface area contributed by atoms with E-state index in [9.17, 15) is 14.4 Å². The molecule has 0 saturated heterocycles. The van der Waals surface area contributed by atoms with Crippen molar-refractivity contribution in [2.75, 3.05) is 5.32 Å². The number of nitrogens with one attached hydrogen (secondary N) is 1. The first-order chi connectivity index (χ1) is 13.9. The van der Waals surface area contributed by atoms with Crippen LogP contribution in [0.2, 0.25) is 5.02 Å². The summed E-state index contributed by atoms with van der Waals surface area (Å²) in [5.74, 6) is -1.11. The molecule has 3 rings (SSSR count). The third-order valence-corrected chi connectivity index (χ3v) is 4.11. The van der Waals surface area contributed by atoms with E-state index in [0.29, 0.717) is 5.02 Å². The molecule has 2 aromatic heterocycles. The number of hydrogen-bond donors (Lipinski definition) is 1. The molecule has 0 aliphatic rings. The molecule has 0 radical (unpaired) electrons. The molecule has 1 aromatic carbocycles. The van der Waals surface area contributed by atoms with Gasteiger partial charge in [-0.25, -0.2) is 14.5 Å². The van der Waals surface area contributed by atoms with Crippen molar-refractivity contribution in [3.63, 3.8) is 0 Å². The number of carbonyl (C=O) groups is 2. The molecule has 2 heterocycles. The summed E-state index contributed by atoms with van der Waals surface area (Å²) in [6, 6.07) is 14.8. The summed E-state index contributed by atoms with van der Waals surface area (Å²) < 4.78 is 6.32. The van der Waals surface area contributed by atoms with E-state index in [2.05, 4.69) is 15.4 Å². The average molecular weight is 413 g/mol. The third kappa shape index (κ3) is 5.49. The lowest BCUT2D eigenvalue weighted by molar-refractivity contribution is -0.123. The largest absolute Gasteiger partial charge is 0.448 e. The Morgan fingerprint density at radius 3 is 2.59 bits per heavy atom. The lowest BCUT2D eigenvalue weighted by Gasteiger charge is -2.13. The van der Waals surface area contributed by atoms with Gasteiger partial charge in [0.15, 0.2) is 11.8 Å². The number of halogens is 1. The number of nitrogens with zero attached hydrogens (tertiary/aromatic N) is 3. The Hall–Kier alpha value is -3.52. The van der Waals surface area contributed by atoms with Gasteiger partial charge < -0.3 is 10.1 Å². The van der Waals surface area contributed by atoms with E-state index >= 15 is 0 Å². The van der Waals surface area contributed by atoms with Gasteiger partial charge >= 0.3 is 5.97 Å². The van der Waals surface area contributed by atoms with Gasteiger partial charge in [0.25, 0.3) is 11.5 Å². The summed E-state index contributed by atoms with van der Waals surface area (Å²) in [6.45, 7) is 1.63. The van der Waals surface area contributed by atoms with Crippen molar-refractivity contribution in [3.05, 3.63) is 87.4 Å². The third-order valence-electron chi connectivity index (χ3n) is 3.88. The van der Waals surface area contributed by atoms with Crippen molar-refractivity contribution < 1.29 is 14.3 Å². The second kappa shape index (κ2) is 9.11. The van der Waals surface area contributed by atoms with Crippen LogP contribution in [0.1, 0.15) is 23.0 Å². The minimum absolute atomic E-state index is 0.0789. The van der Waals surface area contributed by atoms with Crippen LogP contribution in [-0.2, 0) is 16.1 Å². The van der Waals surface area contributed by atoms with Crippen molar-refractivity contribution in [2.24, 2.45) is 0 Å². The normalized spacial score (nSPS) is 11.5. The monoisotopic (exact) mass is 412 g/mol. The maximum atomic E-state index is 12.4. The van der Waals surface area contributed by atoms with Crippen molar-refractivity contribution in [3.8, 4) is 0 Å². The molecule has 0 spiro atoms. The number of esters is 1. The number of carbonyl (C=O) groups excluding carboxylic acids is 2. The fraction of sp³-hybridized carbons (Fsp3) is 0.150. The van der Waals surface area contributed by atoms with Crippen LogP contribution in [0.3, 0.4) is 0 Å². The van der Waals surface area contributed by atoms with Crippen LogP contribution in [-0.4, -0.2) is 32.7 Å². The van der Waals surface area contributed by atoms with Gasteiger partial charge in [0, 0.05) is 12.3 Å². The summed E-state index contributed by atoms with van der Waals surface area (Å²) in [5, 5.41) is 6.99. The zero-order valence-electron chi connectivity index (χ0n) is 15.4. The molecule has 1 amide bonds. The first kappa shape index (κ1) is 20.2. The molecular weight excluding hydrogens is 396 g/mol. The predicted octanol–water partition coefficient (Wildman–Crippen LogP) is 2.52. The highest BCUT2D eigenvalue weighted by atomic mass is 35.5. The second-order valence-corrected chi connectivity index (χ2v) is 6.53. The van der Waals surface area contributed by atoms with Gasteiger partial charge in [0.2, 0.25) is 0 Å². The van der Waals surface area contributed by atoms with Gasteiger partial charge in [0.05, 0.1) is 11.6 Å². The van der Waals surface area contributed by atoms with Crippen LogP contribution in [0, 0.1) is 0 Å². The number of amides is 1. The van der Waals surface area contributed by atoms with Crippen LogP contribution in [0.4, 0.5) is 5.82 Å². The number of hydrogen-bond acceptors (Lipinski definition) is 6. The molecule has 1 unspecified atom stereocenters.